The van der Waals surface area contributed by atoms with Crippen LogP contribution in [0.5, 0.6) is 0 Å². The van der Waals surface area contributed by atoms with Gasteiger partial charge in [-0.05, 0) is 373 Å². The molecular formula is C90H92N4. The van der Waals surface area contributed by atoms with Gasteiger partial charge in [-0.25, -0.2) is 0 Å². The van der Waals surface area contributed by atoms with Crippen molar-refractivity contribution in [2.45, 2.75) is 149 Å². The largest absolute Gasteiger partial charge is 0.334 e. The number of nitrogens with zero attached hydrogens (tertiary/aromatic N) is 4. The predicted octanol–water partition coefficient (Wildman–Crippen LogP) is 23.2. The minimum absolute atomic E-state index is 0.00112. The van der Waals surface area contributed by atoms with Crippen LogP contribution in [0.3, 0.4) is 0 Å². The second-order valence-corrected chi connectivity index (χ2v) is 27.7. The maximum absolute atomic E-state index is 2.65. The first kappa shape index (κ1) is 63.1. The van der Waals surface area contributed by atoms with E-state index in [0.29, 0.717) is 0 Å². The van der Waals surface area contributed by atoms with Gasteiger partial charge in [0.15, 0.2) is 0 Å². The lowest BCUT2D eigenvalue weighted by atomic mass is 9.82. The van der Waals surface area contributed by atoms with Crippen LogP contribution in [0.25, 0.3) is 39.6 Å². The standard InChI is InChI=1S/C90H92N4/c1-55-17-29-75(45-63(55)9)91(76-30-18-56(2)64(10)46-76)73-37-25-71(26-38-73)89-85-43-41-84(94(81-35-23-61(7)69(15)51-81)82-36-24-62(8)70(16)52-82)54-88(85)90(72-27-39-74(40-28-72)92(77-31-19-57(3)65(11)47-77)78-32-20-58(4)66(12)48-78)86-44-42-83(53-87(86)89)93(79-33-21-59(5)67(13)49-79)80-34-22-60(6)68(14)50-80/h17-27,29,31-39,41,43-54,76,83H,28,30,40,42H2,1-16H3. The molecule has 2 atom stereocenters. The van der Waals surface area contributed by atoms with E-state index >= 15 is 0 Å². The van der Waals surface area contributed by atoms with Crippen molar-refractivity contribution in [3.63, 3.8) is 0 Å². The van der Waals surface area contributed by atoms with E-state index in [4.69, 9.17) is 0 Å². The van der Waals surface area contributed by atoms with E-state index in [0.717, 1.165) is 42.7 Å². The molecule has 2 unspecified atom stereocenters. The summed E-state index contributed by atoms with van der Waals surface area (Å²) < 4.78 is 0. The van der Waals surface area contributed by atoms with E-state index in [1.54, 1.807) is 0 Å². The molecule has 0 saturated carbocycles. The van der Waals surface area contributed by atoms with Gasteiger partial charge in [0, 0.05) is 56.9 Å². The van der Waals surface area contributed by atoms with Crippen molar-refractivity contribution in [3.05, 3.63) is 305 Å². The van der Waals surface area contributed by atoms with Gasteiger partial charge in [0.25, 0.3) is 0 Å². The van der Waals surface area contributed by atoms with Crippen molar-refractivity contribution in [2.24, 2.45) is 0 Å². The van der Waals surface area contributed by atoms with Crippen LogP contribution in [0.15, 0.2) is 211 Å². The molecule has 3 aliphatic carbocycles. The monoisotopic (exact) mass is 1230 g/mol. The molecule has 0 spiro atoms. The summed E-state index contributed by atoms with van der Waals surface area (Å²) in [5.41, 5.74) is 37.7. The van der Waals surface area contributed by atoms with Crippen LogP contribution >= 0.6 is 0 Å². The summed E-state index contributed by atoms with van der Waals surface area (Å²) in [6.07, 6.45) is 18.6. The Balaban J connectivity index is 1.10. The molecule has 10 aromatic carbocycles. The van der Waals surface area contributed by atoms with Crippen molar-refractivity contribution in [3.8, 4) is 11.1 Å². The van der Waals surface area contributed by atoms with Crippen molar-refractivity contribution in [1.82, 2.24) is 0 Å². The fraction of sp³-hybridized carbons (Fsp3) is 0.244. The van der Waals surface area contributed by atoms with Gasteiger partial charge in [-0.2, -0.15) is 0 Å². The fourth-order valence-corrected chi connectivity index (χ4v) is 14.4. The van der Waals surface area contributed by atoms with Crippen LogP contribution in [0.2, 0.25) is 0 Å². The maximum atomic E-state index is 2.65. The summed E-state index contributed by atoms with van der Waals surface area (Å²) in [4.78, 5) is 10.2. The summed E-state index contributed by atoms with van der Waals surface area (Å²) >= 11 is 0. The maximum Gasteiger partial charge on any atom is 0.0566 e. The molecule has 472 valence electrons. The number of aryl methyl sites for hydroxylation is 14. The number of hydrogen-bond donors (Lipinski definition) is 0. The first-order valence-corrected chi connectivity index (χ1v) is 34.1. The lowest BCUT2D eigenvalue weighted by Crippen LogP contribution is -2.41. The molecule has 0 bridgehead atoms. The van der Waals surface area contributed by atoms with Gasteiger partial charge >= 0.3 is 0 Å². The SMILES string of the molecule is CC1=CCC(N(c2ccc(-c3c4c(c(C5=CC=C(N(c6ccc(C)c(C)c6)c6ccc(C)c(C)c6)CC5)c5cc(N(c6ccc(C)c(C)c6)c6ccc(C)c(C)c6)ccc35)=CCC(N(c3ccc(C)c(C)c3)c3ccc(C)c(C)c3)C=4)cc2)c2ccc(C)c(C)c2)C=C1C. The predicted molar refractivity (Wildman–Crippen MR) is 407 cm³/mol. The van der Waals surface area contributed by atoms with Crippen molar-refractivity contribution in [2.75, 3.05) is 19.6 Å². The molecule has 0 N–H and O–H groups in total. The minimum atomic E-state index is -0.00112. The molecule has 0 aliphatic heterocycles. The molecular weight excluding hydrogens is 1140 g/mol. The molecule has 3 aliphatic rings. The molecule has 0 fully saturated rings. The van der Waals surface area contributed by atoms with E-state index in [1.165, 1.54) is 172 Å². The van der Waals surface area contributed by atoms with Crippen molar-refractivity contribution < 1.29 is 0 Å². The first-order valence-electron chi connectivity index (χ1n) is 34.1. The average molecular weight is 1230 g/mol. The number of benzene rings is 10. The number of hydrogen-bond acceptors (Lipinski definition) is 4. The lowest BCUT2D eigenvalue weighted by Gasteiger charge is -2.35. The van der Waals surface area contributed by atoms with Gasteiger partial charge in [0.2, 0.25) is 0 Å². The molecule has 0 aromatic heterocycles. The van der Waals surface area contributed by atoms with Crippen molar-refractivity contribution >= 4 is 79.7 Å². The molecule has 4 heteroatoms. The summed E-state index contributed by atoms with van der Waals surface area (Å²) in [7, 11) is 0. The van der Waals surface area contributed by atoms with Crippen molar-refractivity contribution in [1.29, 1.82) is 0 Å². The topological polar surface area (TPSA) is 13.0 Å². The Labute approximate surface area is 560 Å². The Hall–Kier alpha value is -9.64. The quantitative estimate of drug-likeness (QED) is 0.108. The average Bonchev–Trinajstić information content (AvgIpc) is 0.723. The van der Waals surface area contributed by atoms with Crippen LogP contribution < -0.4 is 30.0 Å². The smallest absolute Gasteiger partial charge is 0.0566 e. The normalized spacial score (nSPS) is 15.3. The molecule has 0 radical (unpaired) electrons. The zero-order chi connectivity index (χ0) is 66.0. The molecule has 13 rings (SSSR count). The fourth-order valence-electron chi connectivity index (χ4n) is 14.4. The summed E-state index contributed by atoms with van der Waals surface area (Å²) in [5.74, 6) is 0. The van der Waals surface area contributed by atoms with E-state index < -0.39 is 0 Å². The summed E-state index contributed by atoms with van der Waals surface area (Å²) in [5, 5.41) is 5.06. The van der Waals surface area contributed by atoms with Crippen LogP contribution in [0, 0.1) is 96.9 Å². The van der Waals surface area contributed by atoms with E-state index in [1.807, 2.05) is 0 Å². The summed E-state index contributed by atoms with van der Waals surface area (Å²) in [6.45, 7) is 35.7. The molecule has 4 nitrogen and oxygen atoms in total. The van der Waals surface area contributed by atoms with Crippen LogP contribution in [-0.2, 0) is 0 Å². The highest BCUT2D eigenvalue weighted by atomic mass is 15.2. The third-order valence-electron chi connectivity index (χ3n) is 21.4. The highest BCUT2D eigenvalue weighted by molar-refractivity contribution is 6.06. The van der Waals surface area contributed by atoms with Gasteiger partial charge in [-0.3, -0.25) is 0 Å². The molecule has 0 saturated heterocycles. The third-order valence-corrected chi connectivity index (χ3v) is 21.4. The first-order chi connectivity index (χ1) is 45.2. The second kappa shape index (κ2) is 25.7. The zero-order valence-electron chi connectivity index (χ0n) is 58.4. The Morgan fingerprint density at radius 3 is 1.07 bits per heavy atom. The van der Waals surface area contributed by atoms with Gasteiger partial charge in [0.1, 0.15) is 0 Å². The molecule has 94 heavy (non-hydrogen) atoms. The van der Waals surface area contributed by atoms with Gasteiger partial charge < -0.3 is 19.6 Å². The number of fused-ring (bicyclic) bond motifs is 2. The second-order valence-electron chi connectivity index (χ2n) is 27.7. The van der Waals surface area contributed by atoms with Crippen LogP contribution in [-0.4, -0.2) is 12.1 Å². The van der Waals surface area contributed by atoms with E-state index in [-0.39, 0.29) is 12.1 Å². The third kappa shape index (κ3) is 12.1. The summed E-state index contributed by atoms with van der Waals surface area (Å²) in [6, 6.07) is 66.1. The zero-order valence-corrected chi connectivity index (χ0v) is 58.4. The number of allylic oxidation sites excluding steroid dienone is 6. The van der Waals surface area contributed by atoms with Crippen LogP contribution in [0.4, 0.5) is 51.2 Å². The van der Waals surface area contributed by atoms with E-state index in [2.05, 4.69) is 337 Å². The van der Waals surface area contributed by atoms with Gasteiger partial charge in [0.05, 0.1) is 12.1 Å². The van der Waals surface area contributed by atoms with E-state index in [9.17, 15) is 0 Å². The highest BCUT2D eigenvalue weighted by Gasteiger charge is 2.29. The Kier molecular flexibility index (Phi) is 17.3. The molecule has 0 heterocycles. The molecule has 0 amide bonds. The number of rotatable bonds is 14. The highest BCUT2D eigenvalue weighted by Crippen LogP contribution is 2.45. The van der Waals surface area contributed by atoms with Gasteiger partial charge in [-0.15, -0.1) is 0 Å². The van der Waals surface area contributed by atoms with Crippen LogP contribution in [0.1, 0.15) is 123 Å². The Bertz CT molecular complexity index is 4790. The number of anilines is 9. The van der Waals surface area contributed by atoms with Gasteiger partial charge in [-0.1, -0.05) is 102 Å². The lowest BCUT2D eigenvalue weighted by molar-refractivity contribution is 0.770. The molecule has 10 aromatic rings. The Morgan fingerprint density at radius 1 is 0.277 bits per heavy atom. The minimum Gasteiger partial charge on any atom is -0.334 e. The Morgan fingerprint density at radius 2 is 0.649 bits per heavy atom.